The molecule has 1 amide bonds. The number of amides is 1. The molecule has 0 unspecified atom stereocenters. The van der Waals surface area contributed by atoms with Crippen molar-refractivity contribution in [1.29, 1.82) is 0 Å². The summed E-state index contributed by atoms with van der Waals surface area (Å²) in [4.78, 5) is 28.7. The average molecular weight is 377 g/mol. The van der Waals surface area contributed by atoms with Crippen molar-refractivity contribution in [3.05, 3.63) is 53.6 Å². The molecule has 0 saturated heterocycles. The second kappa shape index (κ2) is 7.30. The maximum absolute atomic E-state index is 13.1. The van der Waals surface area contributed by atoms with Crippen LogP contribution in [0, 0.1) is 6.92 Å². The Balaban J connectivity index is 2.17. The van der Waals surface area contributed by atoms with E-state index in [1.165, 1.54) is 0 Å². The van der Waals surface area contributed by atoms with Gasteiger partial charge in [0.2, 0.25) is 0 Å². The monoisotopic (exact) mass is 376 g/mol. The van der Waals surface area contributed by atoms with Crippen LogP contribution in [0.1, 0.15) is 56.4 Å². The van der Waals surface area contributed by atoms with E-state index in [4.69, 9.17) is 4.98 Å². The summed E-state index contributed by atoms with van der Waals surface area (Å²) in [5, 5.41) is 0.869. The van der Waals surface area contributed by atoms with Gasteiger partial charge in [0.25, 0.3) is 5.91 Å². The zero-order valence-electron chi connectivity index (χ0n) is 17.7. The van der Waals surface area contributed by atoms with Crippen LogP contribution in [0.3, 0.4) is 0 Å². The first-order valence-corrected chi connectivity index (χ1v) is 9.59. The minimum Gasteiger partial charge on any atom is -0.339 e. The number of pyridine rings is 1. The molecule has 0 spiro atoms. The normalized spacial score (nSPS) is 11.9. The van der Waals surface area contributed by atoms with E-state index in [1.807, 2.05) is 52.1 Å². The Bertz CT molecular complexity index is 1020. The van der Waals surface area contributed by atoms with Gasteiger partial charge in [-0.1, -0.05) is 32.4 Å². The van der Waals surface area contributed by atoms with Crippen molar-refractivity contribution in [3.8, 4) is 11.3 Å². The number of carbonyl (C=O) groups is 1. The molecule has 2 aromatic heterocycles. The molecule has 146 valence electrons. The molecule has 0 aliphatic rings. The molecule has 0 bridgehead atoms. The summed E-state index contributed by atoms with van der Waals surface area (Å²) in [5.41, 5.74) is 3.94. The van der Waals surface area contributed by atoms with Crippen molar-refractivity contribution < 1.29 is 4.79 Å². The van der Waals surface area contributed by atoms with Crippen LogP contribution < -0.4 is 0 Å². The van der Waals surface area contributed by atoms with Gasteiger partial charge >= 0.3 is 0 Å². The molecule has 0 fully saturated rings. The highest BCUT2D eigenvalue weighted by Gasteiger charge is 2.21. The molecule has 3 aromatic rings. The van der Waals surface area contributed by atoms with Crippen molar-refractivity contribution in [2.24, 2.45) is 0 Å². The van der Waals surface area contributed by atoms with E-state index in [2.05, 4.69) is 30.7 Å². The van der Waals surface area contributed by atoms with Gasteiger partial charge in [0, 0.05) is 41.8 Å². The van der Waals surface area contributed by atoms with Crippen LogP contribution in [0.25, 0.3) is 22.2 Å². The molecule has 5 nitrogen and oxygen atoms in total. The summed E-state index contributed by atoms with van der Waals surface area (Å²) in [6.07, 6.45) is 3.58. The highest BCUT2D eigenvalue weighted by atomic mass is 16.2. The maximum Gasteiger partial charge on any atom is 0.254 e. The largest absolute Gasteiger partial charge is 0.339 e. The fourth-order valence-corrected chi connectivity index (χ4v) is 2.94. The minimum atomic E-state index is -0.117. The van der Waals surface area contributed by atoms with Gasteiger partial charge in [-0.25, -0.2) is 15.0 Å². The van der Waals surface area contributed by atoms with Crippen LogP contribution in [0.15, 0.2) is 36.7 Å². The quantitative estimate of drug-likeness (QED) is 0.660. The number of rotatable bonds is 3. The van der Waals surface area contributed by atoms with Crippen molar-refractivity contribution >= 4 is 16.8 Å². The molecule has 3 rings (SSSR count). The standard InChI is InChI=1S/C23H28N4O/c1-14(2)27(7)21(28)18-11-20(26-19-9-8-15(3)10-17(18)19)16-12-24-22(25-13-16)23(4,5)6/h8-14H,1-7H3. The van der Waals surface area contributed by atoms with Gasteiger partial charge in [0.1, 0.15) is 5.82 Å². The number of fused-ring (bicyclic) bond motifs is 1. The number of hydrogen-bond acceptors (Lipinski definition) is 4. The van der Waals surface area contributed by atoms with Gasteiger partial charge in [-0.2, -0.15) is 0 Å². The molecular formula is C23H28N4O. The fourth-order valence-electron chi connectivity index (χ4n) is 2.94. The molecule has 0 atom stereocenters. The smallest absolute Gasteiger partial charge is 0.254 e. The van der Waals surface area contributed by atoms with Gasteiger partial charge in [0.15, 0.2) is 0 Å². The number of aryl methyl sites for hydroxylation is 1. The molecule has 0 radical (unpaired) electrons. The van der Waals surface area contributed by atoms with Gasteiger partial charge < -0.3 is 4.90 Å². The number of nitrogens with zero attached hydrogens (tertiary/aromatic N) is 4. The van der Waals surface area contributed by atoms with E-state index in [-0.39, 0.29) is 17.4 Å². The molecule has 0 aliphatic heterocycles. The molecule has 0 saturated carbocycles. The molecule has 5 heteroatoms. The van der Waals surface area contributed by atoms with Crippen molar-refractivity contribution in [2.75, 3.05) is 7.05 Å². The Hall–Kier alpha value is -2.82. The average Bonchev–Trinajstić information content (AvgIpc) is 2.65. The predicted octanol–water partition coefficient (Wildman–Crippen LogP) is 4.78. The Morgan fingerprint density at radius 3 is 2.29 bits per heavy atom. The molecule has 0 N–H and O–H groups in total. The Morgan fingerprint density at radius 1 is 1.07 bits per heavy atom. The van der Waals surface area contributed by atoms with Gasteiger partial charge in [-0.15, -0.1) is 0 Å². The fraction of sp³-hybridized carbons (Fsp3) is 0.391. The number of carbonyl (C=O) groups excluding carboxylic acids is 1. The molecule has 2 heterocycles. The van der Waals surface area contributed by atoms with Crippen molar-refractivity contribution in [3.63, 3.8) is 0 Å². The van der Waals surface area contributed by atoms with E-state index < -0.39 is 0 Å². The molecule has 1 aromatic carbocycles. The molecular weight excluding hydrogens is 348 g/mol. The van der Waals surface area contributed by atoms with E-state index in [1.54, 1.807) is 17.3 Å². The summed E-state index contributed by atoms with van der Waals surface area (Å²) >= 11 is 0. The van der Waals surface area contributed by atoms with E-state index in [0.29, 0.717) is 11.3 Å². The second-order valence-electron chi connectivity index (χ2n) is 8.63. The first-order chi connectivity index (χ1) is 13.1. The zero-order chi connectivity index (χ0) is 20.6. The SMILES string of the molecule is Cc1ccc2nc(-c3cnc(C(C)(C)C)nc3)cc(C(=O)N(C)C(C)C)c2c1. The lowest BCUT2D eigenvalue weighted by atomic mass is 9.95. The number of aromatic nitrogens is 3. The Morgan fingerprint density at radius 2 is 1.71 bits per heavy atom. The van der Waals surface area contributed by atoms with Crippen LogP contribution in [0.4, 0.5) is 0 Å². The first kappa shape index (κ1) is 19.9. The topological polar surface area (TPSA) is 59.0 Å². The maximum atomic E-state index is 13.1. The van der Waals surface area contributed by atoms with Crippen LogP contribution in [-0.4, -0.2) is 38.8 Å². The summed E-state index contributed by atoms with van der Waals surface area (Å²) < 4.78 is 0. The summed E-state index contributed by atoms with van der Waals surface area (Å²) in [7, 11) is 1.83. The zero-order valence-corrected chi connectivity index (χ0v) is 17.7. The van der Waals surface area contributed by atoms with Gasteiger partial charge in [0.05, 0.1) is 16.8 Å². The van der Waals surface area contributed by atoms with E-state index >= 15 is 0 Å². The van der Waals surface area contributed by atoms with E-state index in [9.17, 15) is 4.79 Å². The number of benzene rings is 1. The first-order valence-electron chi connectivity index (χ1n) is 9.59. The summed E-state index contributed by atoms with van der Waals surface area (Å²) in [6.45, 7) is 12.3. The Labute approximate surface area is 166 Å². The predicted molar refractivity (Wildman–Crippen MR) is 113 cm³/mol. The third kappa shape index (κ3) is 3.88. The highest BCUT2D eigenvalue weighted by Crippen LogP contribution is 2.27. The van der Waals surface area contributed by atoms with Crippen LogP contribution in [-0.2, 0) is 5.41 Å². The summed E-state index contributed by atoms with van der Waals surface area (Å²) in [5.74, 6) is 0.769. The third-order valence-electron chi connectivity index (χ3n) is 4.91. The van der Waals surface area contributed by atoms with Crippen molar-refractivity contribution in [2.45, 2.75) is 53.0 Å². The van der Waals surface area contributed by atoms with Gasteiger partial charge in [-0.05, 0) is 39.0 Å². The van der Waals surface area contributed by atoms with Crippen LogP contribution in [0.5, 0.6) is 0 Å². The second-order valence-corrected chi connectivity index (χ2v) is 8.63. The van der Waals surface area contributed by atoms with E-state index in [0.717, 1.165) is 27.9 Å². The number of hydrogen-bond donors (Lipinski definition) is 0. The highest BCUT2D eigenvalue weighted by molar-refractivity contribution is 6.07. The molecule has 28 heavy (non-hydrogen) atoms. The third-order valence-corrected chi connectivity index (χ3v) is 4.91. The molecule has 0 aliphatic carbocycles. The summed E-state index contributed by atoms with van der Waals surface area (Å²) in [6, 6.07) is 7.97. The lowest BCUT2D eigenvalue weighted by molar-refractivity contribution is 0.0757. The van der Waals surface area contributed by atoms with Crippen LogP contribution in [0.2, 0.25) is 0 Å². The lowest BCUT2D eigenvalue weighted by Crippen LogP contribution is -2.33. The Kier molecular flexibility index (Phi) is 5.20. The lowest BCUT2D eigenvalue weighted by Gasteiger charge is -2.22. The van der Waals surface area contributed by atoms with Gasteiger partial charge in [-0.3, -0.25) is 4.79 Å². The minimum absolute atomic E-state index is 0.0125. The van der Waals surface area contributed by atoms with Crippen molar-refractivity contribution in [1.82, 2.24) is 19.9 Å². The van der Waals surface area contributed by atoms with Crippen LogP contribution >= 0.6 is 0 Å².